The van der Waals surface area contributed by atoms with Gasteiger partial charge in [-0.05, 0) is 42.5 Å². The first-order valence-electron chi connectivity index (χ1n) is 6.21. The Morgan fingerprint density at radius 1 is 1.00 bits per heavy atom. The number of ether oxygens (including phenoxy) is 1. The van der Waals surface area contributed by atoms with Crippen molar-refractivity contribution in [1.29, 1.82) is 0 Å². The molecule has 7 heteroatoms. The standard InChI is InChI=1S/C15H12Cl2N2O3/c1-22-14(20)9-2-5-11(6-3-9)18-15(21)19-13-7-4-10(16)8-12(13)17/h2-8H,1H3,(H2,18,19,21). The van der Waals surface area contributed by atoms with Crippen LogP contribution in [0.25, 0.3) is 0 Å². The lowest BCUT2D eigenvalue weighted by atomic mass is 10.2. The number of amides is 2. The molecule has 22 heavy (non-hydrogen) atoms. The van der Waals surface area contributed by atoms with Crippen LogP contribution >= 0.6 is 23.2 Å². The summed E-state index contributed by atoms with van der Waals surface area (Å²) in [5.74, 6) is -0.441. The van der Waals surface area contributed by atoms with Gasteiger partial charge in [-0.3, -0.25) is 0 Å². The Bertz CT molecular complexity index is 702. The van der Waals surface area contributed by atoms with Gasteiger partial charge in [0.1, 0.15) is 0 Å². The Morgan fingerprint density at radius 2 is 1.68 bits per heavy atom. The number of hydrogen-bond acceptors (Lipinski definition) is 3. The maximum Gasteiger partial charge on any atom is 0.337 e. The first-order valence-corrected chi connectivity index (χ1v) is 6.96. The summed E-state index contributed by atoms with van der Waals surface area (Å²) in [6.07, 6.45) is 0. The molecule has 2 aromatic carbocycles. The van der Waals surface area contributed by atoms with E-state index < -0.39 is 12.0 Å². The minimum atomic E-state index is -0.463. The lowest BCUT2D eigenvalue weighted by molar-refractivity contribution is 0.0601. The lowest BCUT2D eigenvalue weighted by Gasteiger charge is -2.09. The second kappa shape index (κ2) is 7.15. The summed E-state index contributed by atoms with van der Waals surface area (Å²) in [6.45, 7) is 0. The molecule has 0 spiro atoms. The molecule has 0 unspecified atom stereocenters. The highest BCUT2D eigenvalue weighted by Gasteiger charge is 2.08. The van der Waals surface area contributed by atoms with E-state index in [1.165, 1.54) is 13.2 Å². The number of esters is 1. The van der Waals surface area contributed by atoms with Gasteiger partial charge >= 0.3 is 12.0 Å². The van der Waals surface area contributed by atoms with E-state index in [1.54, 1.807) is 36.4 Å². The highest BCUT2D eigenvalue weighted by Crippen LogP contribution is 2.25. The SMILES string of the molecule is COC(=O)c1ccc(NC(=O)Nc2ccc(Cl)cc2Cl)cc1. The second-order valence-corrected chi connectivity index (χ2v) is 5.12. The van der Waals surface area contributed by atoms with Crippen LogP contribution in [0.2, 0.25) is 10.0 Å². The molecule has 0 heterocycles. The summed E-state index contributed by atoms with van der Waals surface area (Å²) >= 11 is 11.8. The fourth-order valence-electron chi connectivity index (χ4n) is 1.68. The van der Waals surface area contributed by atoms with Crippen molar-refractivity contribution in [1.82, 2.24) is 0 Å². The van der Waals surface area contributed by atoms with Crippen LogP contribution < -0.4 is 10.6 Å². The monoisotopic (exact) mass is 338 g/mol. The minimum absolute atomic E-state index is 0.337. The van der Waals surface area contributed by atoms with Crippen LogP contribution in [0.15, 0.2) is 42.5 Å². The van der Waals surface area contributed by atoms with E-state index in [0.29, 0.717) is 27.0 Å². The average Bonchev–Trinajstić information content (AvgIpc) is 2.50. The van der Waals surface area contributed by atoms with E-state index in [1.807, 2.05) is 0 Å². The molecule has 0 saturated heterocycles. The molecule has 2 amide bonds. The molecule has 0 aliphatic carbocycles. The number of halogens is 2. The van der Waals surface area contributed by atoms with Crippen molar-refractivity contribution in [3.8, 4) is 0 Å². The molecule has 0 atom stereocenters. The third-order valence-corrected chi connectivity index (χ3v) is 3.29. The number of methoxy groups -OCH3 is 1. The van der Waals surface area contributed by atoms with Gasteiger partial charge in [0.2, 0.25) is 0 Å². The summed E-state index contributed by atoms with van der Waals surface area (Å²) in [6, 6.07) is 10.6. The number of rotatable bonds is 3. The first kappa shape index (κ1) is 16.1. The van der Waals surface area contributed by atoms with E-state index in [4.69, 9.17) is 23.2 Å². The number of anilines is 2. The average molecular weight is 339 g/mol. The molecule has 114 valence electrons. The zero-order chi connectivity index (χ0) is 16.1. The molecule has 0 aliphatic rings. The van der Waals surface area contributed by atoms with Gasteiger partial charge in [-0.2, -0.15) is 0 Å². The van der Waals surface area contributed by atoms with Crippen molar-refractivity contribution in [2.24, 2.45) is 0 Å². The molecule has 0 bridgehead atoms. The smallest absolute Gasteiger partial charge is 0.337 e. The molecular formula is C15H12Cl2N2O3. The van der Waals surface area contributed by atoms with E-state index in [0.717, 1.165) is 0 Å². The quantitative estimate of drug-likeness (QED) is 0.813. The van der Waals surface area contributed by atoms with Crippen LogP contribution in [0.1, 0.15) is 10.4 Å². The van der Waals surface area contributed by atoms with Crippen LogP contribution in [0, 0.1) is 0 Å². The predicted molar refractivity (Wildman–Crippen MR) is 86.9 cm³/mol. The molecule has 2 rings (SSSR count). The summed E-state index contributed by atoms with van der Waals surface area (Å²) < 4.78 is 4.59. The minimum Gasteiger partial charge on any atom is -0.465 e. The highest BCUT2D eigenvalue weighted by molar-refractivity contribution is 6.36. The molecule has 0 aromatic heterocycles. The van der Waals surface area contributed by atoms with Crippen LogP contribution in [0.5, 0.6) is 0 Å². The van der Waals surface area contributed by atoms with Crippen molar-refractivity contribution in [2.45, 2.75) is 0 Å². The van der Waals surface area contributed by atoms with Gasteiger partial charge in [0.15, 0.2) is 0 Å². The van der Waals surface area contributed by atoms with Gasteiger partial charge in [-0.15, -0.1) is 0 Å². The zero-order valence-electron chi connectivity index (χ0n) is 11.5. The van der Waals surface area contributed by atoms with Crippen molar-refractivity contribution in [3.63, 3.8) is 0 Å². The molecule has 5 nitrogen and oxygen atoms in total. The fourth-order valence-corrected chi connectivity index (χ4v) is 2.14. The number of urea groups is 1. The third-order valence-electron chi connectivity index (χ3n) is 2.74. The van der Waals surface area contributed by atoms with Crippen LogP contribution in [-0.2, 0) is 4.74 Å². The van der Waals surface area contributed by atoms with Gasteiger partial charge in [0.05, 0.1) is 23.4 Å². The van der Waals surface area contributed by atoms with Gasteiger partial charge in [0.25, 0.3) is 0 Å². The lowest BCUT2D eigenvalue weighted by Crippen LogP contribution is -2.19. The normalized spacial score (nSPS) is 9.95. The van der Waals surface area contributed by atoms with E-state index in [2.05, 4.69) is 15.4 Å². The van der Waals surface area contributed by atoms with Crippen molar-refractivity contribution >= 4 is 46.6 Å². The summed E-state index contributed by atoms with van der Waals surface area (Å²) in [7, 11) is 1.30. The topological polar surface area (TPSA) is 67.4 Å². The van der Waals surface area contributed by atoms with Crippen molar-refractivity contribution in [3.05, 3.63) is 58.1 Å². The summed E-state index contributed by atoms with van der Waals surface area (Å²) in [4.78, 5) is 23.2. The zero-order valence-corrected chi connectivity index (χ0v) is 13.0. The van der Waals surface area contributed by atoms with E-state index in [-0.39, 0.29) is 0 Å². The second-order valence-electron chi connectivity index (χ2n) is 4.27. The number of hydrogen-bond donors (Lipinski definition) is 2. The first-order chi connectivity index (χ1) is 10.5. The Hall–Kier alpha value is -2.24. The van der Waals surface area contributed by atoms with Crippen molar-refractivity contribution < 1.29 is 14.3 Å². The molecule has 2 aromatic rings. The Kier molecular flexibility index (Phi) is 5.25. The number of carbonyl (C=O) groups excluding carboxylic acids is 2. The predicted octanol–water partition coefficient (Wildman–Crippen LogP) is 4.42. The van der Waals surface area contributed by atoms with E-state index in [9.17, 15) is 9.59 Å². The Balaban J connectivity index is 2.01. The van der Waals surface area contributed by atoms with Gasteiger partial charge < -0.3 is 15.4 Å². The van der Waals surface area contributed by atoms with Crippen molar-refractivity contribution in [2.75, 3.05) is 17.7 Å². The summed E-state index contributed by atoms with van der Waals surface area (Å²) in [5.41, 5.74) is 1.36. The molecule has 2 N–H and O–H groups in total. The molecule has 0 radical (unpaired) electrons. The van der Waals surface area contributed by atoms with Crippen LogP contribution in [-0.4, -0.2) is 19.1 Å². The van der Waals surface area contributed by atoms with Crippen LogP contribution in [0.4, 0.5) is 16.2 Å². The molecule has 0 saturated carbocycles. The molecule has 0 fully saturated rings. The fraction of sp³-hybridized carbons (Fsp3) is 0.0667. The van der Waals surface area contributed by atoms with Gasteiger partial charge in [-0.1, -0.05) is 23.2 Å². The van der Waals surface area contributed by atoms with E-state index >= 15 is 0 Å². The summed E-state index contributed by atoms with van der Waals surface area (Å²) in [5, 5.41) is 6.04. The largest absolute Gasteiger partial charge is 0.465 e. The Labute approximate surface area is 137 Å². The number of benzene rings is 2. The number of carbonyl (C=O) groups is 2. The maximum atomic E-state index is 11.9. The Morgan fingerprint density at radius 3 is 2.27 bits per heavy atom. The third kappa shape index (κ3) is 4.13. The number of nitrogens with one attached hydrogen (secondary N) is 2. The highest BCUT2D eigenvalue weighted by atomic mass is 35.5. The molecular weight excluding hydrogens is 327 g/mol. The van der Waals surface area contributed by atoms with Gasteiger partial charge in [-0.25, -0.2) is 9.59 Å². The maximum absolute atomic E-state index is 11.9. The molecule has 0 aliphatic heterocycles. The van der Waals surface area contributed by atoms with Crippen LogP contribution in [0.3, 0.4) is 0 Å². The van der Waals surface area contributed by atoms with Gasteiger partial charge in [0, 0.05) is 10.7 Å².